The molecule has 1 aromatic carbocycles. The van der Waals surface area contributed by atoms with Crippen LogP contribution in [0.1, 0.15) is 27.2 Å². The van der Waals surface area contributed by atoms with E-state index >= 15 is 0 Å². The Morgan fingerprint density at radius 1 is 1.21 bits per heavy atom. The predicted molar refractivity (Wildman–Crippen MR) is 83.8 cm³/mol. The Kier molecular flexibility index (Phi) is 4.88. The van der Waals surface area contributed by atoms with Gasteiger partial charge < -0.3 is 10.3 Å². The number of rotatable bonds is 6. The second-order valence-corrected chi connectivity index (χ2v) is 7.05. The molecular weight excluding hydrogens is 254 g/mol. The van der Waals surface area contributed by atoms with Gasteiger partial charge >= 0.3 is 0 Å². The summed E-state index contributed by atoms with van der Waals surface area (Å²) in [5.41, 5.74) is 2.58. The summed E-state index contributed by atoms with van der Waals surface area (Å²) in [6.45, 7) is 8.94. The molecule has 0 amide bonds. The average Bonchev–Trinajstić information content (AvgIpc) is 2.74. The van der Waals surface area contributed by atoms with Gasteiger partial charge in [-0.25, -0.2) is 4.98 Å². The third-order valence-corrected chi connectivity index (χ3v) is 3.81. The minimum absolute atomic E-state index is 0.416. The Morgan fingerprint density at radius 3 is 2.74 bits per heavy atom. The molecule has 0 aliphatic heterocycles. The standard InChI is InChI=1S/C15H23N3S/c1-15(2,3)8-9-16-10-11-19-14-17-12-6-4-5-7-13(12)18-14/h4-7,16H,8-11H2,1-3H3,(H,17,18). The summed E-state index contributed by atoms with van der Waals surface area (Å²) < 4.78 is 0. The van der Waals surface area contributed by atoms with E-state index in [9.17, 15) is 0 Å². The number of aromatic nitrogens is 2. The molecule has 104 valence electrons. The van der Waals surface area contributed by atoms with Crippen molar-refractivity contribution in [3.8, 4) is 0 Å². The molecule has 2 aromatic rings. The van der Waals surface area contributed by atoms with E-state index in [2.05, 4.69) is 42.1 Å². The number of hydrogen-bond acceptors (Lipinski definition) is 3. The van der Waals surface area contributed by atoms with Crippen molar-refractivity contribution in [2.45, 2.75) is 32.3 Å². The lowest BCUT2D eigenvalue weighted by Crippen LogP contribution is -2.22. The second-order valence-electron chi connectivity index (χ2n) is 5.97. The van der Waals surface area contributed by atoms with Crippen molar-refractivity contribution in [2.24, 2.45) is 5.41 Å². The van der Waals surface area contributed by atoms with E-state index in [0.717, 1.165) is 35.0 Å². The Balaban J connectivity index is 1.68. The van der Waals surface area contributed by atoms with Crippen LogP contribution in [-0.4, -0.2) is 28.8 Å². The lowest BCUT2D eigenvalue weighted by atomic mass is 9.92. The molecule has 2 rings (SSSR count). The number of imidazole rings is 1. The first-order valence-corrected chi connectivity index (χ1v) is 7.81. The van der Waals surface area contributed by atoms with Crippen LogP contribution in [-0.2, 0) is 0 Å². The zero-order chi connectivity index (χ0) is 13.7. The monoisotopic (exact) mass is 277 g/mol. The average molecular weight is 277 g/mol. The summed E-state index contributed by atoms with van der Waals surface area (Å²) in [6, 6.07) is 8.15. The van der Waals surface area contributed by atoms with Gasteiger partial charge in [-0.2, -0.15) is 0 Å². The van der Waals surface area contributed by atoms with Crippen molar-refractivity contribution in [3.05, 3.63) is 24.3 Å². The highest BCUT2D eigenvalue weighted by molar-refractivity contribution is 7.99. The van der Waals surface area contributed by atoms with Crippen LogP contribution in [0.25, 0.3) is 11.0 Å². The highest BCUT2D eigenvalue weighted by atomic mass is 32.2. The van der Waals surface area contributed by atoms with E-state index in [-0.39, 0.29) is 0 Å². The molecule has 1 aromatic heterocycles. The van der Waals surface area contributed by atoms with Crippen molar-refractivity contribution in [1.29, 1.82) is 0 Å². The largest absolute Gasteiger partial charge is 0.333 e. The maximum absolute atomic E-state index is 4.55. The number of nitrogens with one attached hydrogen (secondary N) is 2. The maximum atomic E-state index is 4.55. The second kappa shape index (κ2) is 6.44. The van der Waals surface area contributed by atoms with Crippen LogP contribution in [0.5, 0.6) is 0 Å². The summed E-state index contributed by atoms with van der Waals surface area (Å²) in [6.07, 6.45) is 1.21. The molecule has 1 heterocycles. The van der Waals surface area contributed by atoms with Gasteiger partial charge in [0.25, 0.3) is 0 Å². The molecule has 0 unspecified atom stereocenters. The number of fused-ring (bicyclic) bond motifs is 1. The number of H-pyrrole nitrogens is 1. The predicted octanol–water partition coefficient (Wildman–Crippen LogP) is 3.68. The first-order valence-electron chi connectivity index (χ1n) is 6.83. The van der Waals surface area contributed by atoms with Gasteiger partial charge in [-0.1, -0.05) is 44.7 Å². The fourth-order valence-corrected chi connectivity index (χ4v) is 2.59. The lowest BCUT2D eigenvalue weighted by Gasteiger charge is -2.17. The van der Waals surface area contributed by atoms with Crippen LogP contribution in [0, 0.1) is 5.41 Å². The SMILES string of the molecule is CC(C)(C)CCNCCSc1nc2ccccc2[nH]1. The first-order chi connectivity index (χ1) is 9.04. The van der Waals surface area contributed by atoms with Crippen molar-refractivity contribution in [3.63, 3.8) is 0 Å². The molecule has 0 radical (unpaired) electrons. The smallest absolute Gasteiger partial charge is 0.166 e. The number of thioether (sulfide) groups is 1. The van der Waals surface area contributed by atoms with E-state index in [1.54, 1.807) is 11.8 Å². The molecule has 0 saturated heterocycles. The molecule has 19 heavy (non-hydrogen) atoms. The third-order valence-electron chi connectivity index (χ3n) is 2.94. The van der Waals surface area contributed by atoms with Gasteiger partial charge in [0.05, 0.1) is 11.0 Å². The maximum Gasteiger partial charge on any atom is 0.166 e. The van der Waals surface area contributed by atoms with Crippen LogP contribution in [0.4, 0.5) is 0 Å². The van der Waals surface area contributed by atoms with Gasteiger partial charge in [-0.3, -0.25) is 0 Å². The molecule has 0 aliphatic carbocycles. The molecule has 3 nitrogen and oxygen atoms in total. The van der Waals surface area contributed by atoms with Crippen molar-refractivity contribution in [2.75, 3.05) is 18.8 Å². The minimum Gasteiger partial charge on any atom is -0.333 e. The van der Waals surface area contributed by atoms with E-state index in [0.29, 0.717) is 5.41 Å². The summed E-state index contributed by atoms with van der Waals surface area (Å²) in [4.78, 5) is 7.88. The van der Waals surface area contributed by atoms with Gasteiger partial charge in [0, 0.05) is 12.3 Å². The molecule has 0 saturated carbocycles. The van der Waals surface area contributed by atoms with Crippen LogP contribution < -0.4 is 5.32 Å². The molecule has 4 heteroatoms. The Morgan fingerprint density at radius 2 is 2.00 bits per heavy atom. The molecule has 2 N–H and O–H groups in total. The molecule has 0 fully saturated rings. The fourth-order valence-electron chi connectivity index (χ4n) is 1.81. The topological polar surface area (TPSA) is 40.7 Å². The first kappa shape index (κ1) is 14.4. The third kappa shape index (κ3) is 4.88. The zero-order valence-corrected chi connectivity index (χ0v) is 12.8. The molecule has 0 spiro atoms. The Bertz CT molecular complexity index is 480. The molecule has 0 aliphatic rings. The van der Waals surface area contributed by atoms with Gasteiger partial charge in [0.1, 0.15) is 0 Å². The van der Waals surface area contributed by atoms with E-state index < -0.39 is 0 Å². The number of hydrogen-bond donors (Lipinski definition) is 2. The van der Waals surface area contributed by atoms with Crippen molar-refractivity contribution >= 4 is 22.8 Å². The Hall–Kier alpha value is -1.00. The summed E-state index contributed by atoms with van der Waals surface area (Å²) in [5, 5.41) is 4.50. The van der Waals surface area contributed by atoms with Crippen LogP contribution in [0.3, 0.4) is 0 Å². The highest BCUT2D eigenvalue weighted by Crippen LogP contribution is 2.19. The van der Waals surface area contributed by atoms with E-state index in [1.807, 2.05) is 18.2 Å². The highest BCUT2D eigenvalue weighted by Gasteiger charge is 2.08. The van der Waals surface area contributed by atoms with Crippen molar-refractivity contribution < 1.29 is 0 Å². The Labute approximate surface area is 119 Å². The van der Waals surface area contributed by atoms with Gasteiger partial charge in [-0.15, -0.1) is 0 Å². The van der Waals surface area contributed by atoms with E-state index in [4.69, 9.17) is 0 Å². The van der Waals surface area contributed by atoms with Gasteiger partial charge in [0.15, 0.2) is 5.16 Å². The minimum atomic E-state index is 0.416. The quantitative estimate of drug-likeness (QED) is 0.625. The van der Waals surface area contributed by atoms with Gasteiger partial charge in [-0.05, 0) is 30.5 Å². The lowest BCUT2D eigenvalue weighted by molar-refractivity contribution is 0.369. The molecule has 0 bridgehead atoms. The molecular formula is C15H23N3S. The van der Waals surface area contributed by atoms with Crippen LogP contribution in [0.2, 0.25) is 0 Å². The number of benzene rings is 1. The van der Waals surface area contributed by atoms with Gasteiger partial charge in [0.2, 0.25) is 0 Å². The normalized spacial score (nSPS) is 12.2. The summed E-state index contributed by atoms with van der Waals surface area (Å²) >= 11 is 1.77. The summed E-state index contributed by atoms with van der Waals surface area (Å²) in [7, 11) is 0. The fraction of sp³-hybridized carbons (Fsp3) is 0.533. The zero-order valence-electron chi connectivity index (χ0n) is 12.0. The van der Waals surface area contributed by atoms with Crippen LogP contribution in [0.15, 0.2) is 29.4 Å². The number of nitrogens with zero attached hydrogens (tertiary/aromatic N) is 1. The number of aromatic amines is 1. The molecule has 0 atom stereocenters. The van der Waals surface area contributed by atoms with Crippen molar-refractivity contribution in [1.82, 2.24) is 15.3 Å². The van der Waals surface area contributed by atoms with E-state index in [1.165, 1.54) is 6.42 Å². The van der Waals surface area contributed by atoms with Crippen LogP contribution >= 0.6 is 11.8 Å². The summed E-state index contributed by atoms with van der Waals surface area (Å²) in [5.74, 6) is 1.05. The number of para-hydroxylation sites is 2.